The molecule has 1 rings (SSSR count). The molecular weight excluding hydrogens is 269 g/mol. The van der Waals surface area contributed by atoms with Crippen molar-refractivity contribution in [3.8, 4) is 0 Å². The molecule has 4 nitrogen and oxygen atoms in total. The third-order valence-corrected chi connectivity index (χ3v) is 3.63. The van der Waals surface area contributed by atoms with Crippen molar-refractivity contribution in [2.24, 2.45) is 0 Å². The molecular formula is C13H16FNO3S. The molecule has 0 radical (unpaired) electrons. The molecule has 0 fully saturated rings. The molecule has 2 unspecified atom stereocenters. The number of amides is 1. The Morgan fingerprint density at radius 1 is 1.32 bits per heavy atom. The van der Waals surface area contributed by atoms with Gasteiger partial charge in [0.25, 0.3) is 0 Å². The zero-order valence-electron chi connectivity index (χ0n) is 11.0. The van der Waals surface area contributed by atoms with Crippen molar-refractivity contribution in [3.63, 3.8) is 0 Å². The zero-order valence-corrected chi connectivity index (χ0v) is 11.8. The van der Waals surface area contributed by atoms with E-state index < -0.39 is 16.3 Å². The van der Waals surface area contributed by atoms with E-state index in [0.717, 1.165) is 0 Å². The van der Waals surface area contributed by atoms with Crippen LogP contribution in [0.4, 0.5) is 10.1 Å². The average Bonchev–Trinajstić information content (AvgIpc) is 2.37. The van der Waals surface area contributed by atoms with Gasteiger partial charge in [0, 0.05) is 5.69 Å². The van der Waals surface area contributed by atoms with Gasteiger partial charge in [-0.15, -0.1) is 11.8 Å². The Kier molecular flexibility index (Phi) is 5.82. The highest BCUT2D eigenvalue weighted by Crippen LogP contribution is 2.20. The molecule has 2 atom stereocenters. The van der Waals surface area contributed by atoms with Gasteiger partial charge in [0.2, 0.25) is 5.91 Å². The van der Waals surface area contributed by atoms with Crippen molar-refractivity contribution in [1.29, 1.82) is 0 Å². The number of hydrogen-bond acceptors (Lipinski definition) is 4. The Hall–Kier alpha value is -1.56. The van der Waals surface area contributed by atoms with Crippen LogP contribution in [0.5, 0.6) is 0 Å². The molecule has 0 aliphatic carbocycles. The second-order valence-corrected chi connectivity index (χ2v) is 5.63. The minimum atomic E-state index is -0.447. The predicted octanol–water partition coefficient (Wildman–Crippen LogP) is 2.45. The summed E-state index contributed by atoms with van der Waals surface area (Å²) in [5.74, 6) is -1.08. The van der Waals surface area contributed by atoms with E-state index in [-0.39, 0.29) is 11.9 Å². The van der Waals surface area contributed by atoms with Crippen LogP contribution >= 0.6 is 11.8 Å². The van der Waals surface area contributed by atoms with Gasteiger partial charge in [-0.05, 0) is 32.0 Å². The van der Waals surface area contributed by atoms with Crippen LogP contribution in [-0.2, 0) is 14.3 Å². The van der Waals surface area contributed by atoms with Gasteiger partial charge in [-0.25, -0.2) is 4.39 Å². The van der Waals surface area contributed by atoms with E-state index in [1.165, 1.54) is 37.1 Å². The van der Waals surface area contributed by atoms with Gasteiger partial charge in [-0.2, -0.15) is 0 Å². The number of carbonyl (C=O) groups is 2. The number of nitrogens with one attached hydrogen (secondary N) is 1. The number of carbonyl (C=O) groups excluding carboxylic acids is 2. The van der Waals surface area contributed by atoms with Crippen molar-refractivity contribution in [3.05, 3.63) is 30.1 Å². The molecule has 1 amide bonds. The highest BCUT2D eigenvalue weighted by atomic mass is 32.2. The van der Waals surface area contributed by atoms with Gasteiger partial charge in [0.05, 0.1) is 12.4 Å². The molecule has 0 saturated carbocycles. The number of benzene rings is 1. The van der Waals surface area contributed by atoms with Crippen LogP contribution in [0.2, 0.25) is 0 Å². The molecule has 0 bridgehead atoms. The maximum Gasteiger partial charge on any atom is 0.318 e. The monoisotopic (exact) mass is 285 g/mol. The summed E-state index contributed by atoms with van der Waals surface area (Å²) in [5.41, 5.74) is 0.392. The fourth-order valence-corrected chi connectivity index (χ4v) is 2.40. The van der Waals surface area contributed by atoms with E-state index in [1.54, 1.807) is 19.9 Å². The molecule has 0 aromatic heterocycles. The molecule has 1 aromatic rings. The van der Waals surface area contributed by atoms with Gasteiger partial charge in [0.15, 0.2) is 0 Å². The molecule has 0 spiro atoms. The Balaban J connectivity index is 2.56. The van der Waals surface area contributed by atoms with Crippen LogP contribution < -0.4 is 5.32 Å². The summed E-state index contributed by atoms with van der Waals surface area (Å²) in [5, 5.41) is 1.71. The van der Waals surface area contributed by atoms with Gasteiger partial charge in [-0.1, -0.05) is 6.07 Å². The van der Waals surface area contributed by atoms with Crippen molar-refractivity contribution in [2.45, 2.75) is 24.3 Å². The number of esters is 1. The minimum absolute atomic E-state index is 0.286. The molecule has 1 aromatic carbocycles. The third-order valence-electron chi connectivity index (χ3n) is 2.40. The molecule has 1 N–H and O–H groups in total. The topological polar surface area (TPSA) is 55.4 Å². The summed E-state index contributed by atoms with van der Waals surface area (Å²) < 4.78 is 17.5. The van der Waals surface area contributed by atoms with E-state index in [2.05, 4.69) is 10.1 Å². The molecule has 0 aliphatic heterocycles. The van der Waals surface area contributed by atoms with Crippen molar-refractivity contribution >= 4 is 29.3 Å². The Morgan fingerprint density at radius 2 is 2.00 bits per heavy atom. The number of rotatable bonds is 5. The van der Waals surface area contributed by atoms with Crippen LogP contribution in [0, 0.1) is 5.82 Å². The first-order chi connectivity index (χ1) is 8.93. The zero-order chi connectivity index (χ0) is 14.4. The summed E-state index contributed by atoms with van der Waals surface area (Å²) in [6.45, 7) is 3.35. The Labute approximate surface area is 115 Å². The molecule has 0 heterocycles. The fourth-order valence-electron chi connectivity index (χ4n) is 1.40. The molecule has 0 aliphatic rings. The minimum Gasteiger partial charge on any atom is -0.468 e. The number of hydrogen-bond donors (Lipinski definition) is 1. The second-order valence-electron chi connectivity index (χ2n) is 3.94. The average molecular weight is 285 g/mol. The summed E-state index contributed by atoms with van der Waals surface area (Å²) in [7, 11) is 1.30. The lowest BCUT2D eigenvalue weighted by atomic mass is 10.3. The van der Waals surface area contributed by atoms with E-state index in [9.17, 15) is 14.0 Å². The van der Waals surface area contributed by atoms with Crippen LogP contribution in [0.25, 0.3) is 0 Å². The first kappa shape index (κ1) is 15.5. The summed E-state index contributed by atoms with van der Waals surface area (Å²) >= 11 is 1.18. The largest absolute Gasteiger partial charge is 0.468 e. The maximum atomic E-state index is 13.0. The van der Waals surface area contributed by atoms with Crippen molar-refractivity contribution < 1.29 is 18.7 Å². The molecule has 0 saturated heterocycles. The second kappa shape index (κ2) is 7.13. The maximum absolute atomic E-state index is 13.0. The first-order valence-electron chi connectivity index (χ1n) is 5.73. The highest BCUT2D eigenvalue weighted by molar-refractivity contribution is 8.01. The third kappa shape index (κ3) is 4.90. The van der Waals surface area contributed by atoms with Gasteiger partial charge >= 0.3 is 5.97 Å². The Morgan fingerprint density at radius 3 is 2.58 bits per heavy atom. The quantitative estimate of drug-likeness (QED) is 0.844. The van der Waals surface area contributed by atoms with E-state index in [4.69, 9.17) is 0 Å². The lowest BCUT2D eigenvalue weighted by Gasteiger charge is -2.15. The van der Waals surface area contributed by atoms with Crippen LogP contribution in [0.15, 0.2) is 24.3 Å². The lowest BCUT2D eigenvalue weighted by Crippen LogP contribution is -2.27. The summed E-state index contributed by atoms with van der Waals surface area (Å²) in [6, 6.07) is 5.65. The first-order valence-corrected chi connectivity index (χ1v) is 6.68. The predicted molar refractivity (Wildman–Crippen MR) is 73.6 cm³/mol. The normalized spacial score (nSPS) is 13.5. The molecule has 6 heteroatoms. The number of halogens is 1. The van der Waals surface area contributed by atoms with Crippen molar-refractivity contribution in [1.82, 2.24) is 0 Å². The van der Waals surface area contributed by atoms with Crippen molar-refractivity contribution in [2.75, 3.05) is 12.4 Å². The standard InChI is InChI=1S/C13H16FNO3S/c1-8(19-9(2)13(17)18-3)12(16)15-11-6-4-5-10(14)7-11/h4-9H,1-3H3,(H,15,16). The summed E-state index contributed by atoms with van der Waals surface area (Å²) in [4.78, 5) is 23.1. The van der Waals surface area contributed by atoms with Crippen LogP contribution in [0.3, 0.4) is 0 Å². The fraction of sp³-hybridized carbons (Fsp3) is 0.385. The molecule has 19 heavy (non-hydrogen) atoms. The Bertz CT molecular complexity index is 467. The number of methoxy groups -OCH3 is 1. The summed E-state index contributed by atoms with van der Waals surface area (Å²) in [6.07, 6.45) is 0. The highest BCUT2D eigenvalue weighted by Gasteiger charge is 2.22. The van der Waals surface area contributed by atoms with Gasteiger partial charge in [-0.3, -0.25) is 9.59 Å². The number of anilines is 1. The van der Waals surface area contributed by atoms with E-state index >= 15 is 0 Å². The van der Waals surface area contributed by atoms with Gasteiger partial charge < -0.3 is 10.1 Å². The lowest BCUT2D eigenvalue weighted by molar-refractivity contribution is -0.139. The molecule has 104 valence electrons. The smallest absolute Gasteiger partial charge is 0.318 e. The van der Waals surface area contributed by atoms with E-state index in [0.29, 0.717) is 5.69 Å². The van der Waals surface area contributed by atoms with Crippen LogP contribution in [0.1, 0.15) is 13.8 Å². The van der Waals surface area contributed by atoms with E-state index in [1.807, 2.05) is 0 Å². The SMILES string of the molecule is COC(=O)C(C)SC(C)C(=O)Nc1cccc(F)c1. The number of ether oxygens (including phenoxy) is 1. The number of thioether (sulfide) groups is 1. The van der Waals surface area contributed by atoms with Gasteiger partial charge in [0.1, 0.15) is 11.1 Å². The van der Waals surface area contributed by atoms with Crippen LogP contribution in [-0.4, -0.2) is 29.5 Å².